The number of anilines is 1. The van der Waals surface area contributed by atoms with Gasteiger partial charge in [0, 0.05) is 30.7 Å². The van der Waals surface area contributed by atoms with Crippen LogP contribution in [0.5, 0.6) is 0 Å². The molecule has 1 unspecified atom stereocenters. The summed E-state index contributed by atoms with van der Waals surface area (Å²) in [6.45, 7) is 3.99. The molecular formula is C7H12N4S. The Balaban J connectivity index is 2.16. The van der Waals surface area contributed by atoms with E-state index in [2.05, 4.69) is 14.5 Å². The zero-order valence-corrected chi connectivity index (χ0v) is 7.84. The Hall–Kier alpha value is -0.680. The zero-order valence-electron chi connectivity index (χ0n) is 7.03. The summed E-state index contributed by atoms with van der Waals surface area (Å²) in [7, 11) is 0. The van der Waals surface area contributed by atoms with Gasteiger partial charge in [0.05, 0.1) is 5.69 Å². The fourth-order valence-corrected chi connectivity index (χ4v) is 2.18. The van der Waals surface area contributed by atoms with Gasteiger partial charge in [0.1, 0.15) is 5.00 Å². The van der Waals surface area contributed by atoms with Crippen LogP contribution in [0.4, 0.5) is 5.00 Å². The molecule has 1 fully saturated rings. The van der Waals surface area contributed by atoms with Crippen molar-refractivity contribution in [2.24, 2.45) is 5.73 Å². The van der Waals surface area contributed by atoms with Crippen LogP contribution in [-0.2, 0) is 0 Å². The average molecular weight is 184 g/mol. The van der Waals surface area contributed by atoms with Gasteiger partial charge in [-0.3, -0.25) is 0 Å². The number of aromatic nitrogens is 2. The fourth-order valence-electron chi connectivity index (χ4n) is 1.49. The van der Waals surface area contributed by atoms with E-state index in [1.807, 2.05) is 6.92 Å². The highest BCUT2D eigenvalue weighted by Gasteiger charge is 2.22. The maximum absolute atomic E-state index is 5.80. The summed E-state index contributed by atoms with van der Waals surface area (Å²) in [5.74, 6) is 0. The molecule has 1 aliphatic rings. The third-order valence-electron chi connectivity index (χ3n) is 2.14. The Kier molecular flexibility index (Phi) is 1.98. The summed E-state index contributed by atoms with van der Waals surface area (Å²) in [4.78, 5) is 2.27. The molecule has 0 radical (unpaired) electrons. The highest BCUT2D eigenvalue weighted by Crippen LogP contribution is 2.25. The van der Waals surface area contributed by atoms with E-state index in [9.17, 15) is 0 Å². The van der Waals surface area contributed by atoms with Crippen LogP contribution in [0.1, 0.15) is 12.1 Å². The molecule has 0 spiro atoms. The Labute approximate surface area is 75.5 Å². The van der Waals surface area contributed by atoms with Crippen molar-refractivity contribution in [1.29, 1.82) is 0 Å². The van der Waals surface area contributed by atoms with Gasteiger partial charge in [-0.1, -0.05) is 4.49 Å². The van der Waals surface area contributed by atoms with Crippen LogP contribution in [0, 0.1) is 6.92 Å². The number of nitrogens with zero attached hydrogens (tertiary/aromatic N) is 3. The molecule has 0 saturated carbocycles. The maximum Gasteiger partial charge on any atom is 0.135 e. The van der Waals surface area contributed by atoms with E-state index in [0.717, 1.165) is 25.2 Å². The van der Waals surface area contributed by atoms with Gasteiger partial charge in [-0.15, -0.1) is 5.10 Å². The number of rotatable bonds is 1. The Bertz CT molecular complexity index is 272. The Morgan fingerprint density at radius 2 is 2.50 bits per heavy atom. The molecule has 66 valence electrons. The number of hydrogen-bond acceptors (Lipinski definition) is 5. The molecule has 1 aliphatic heterocycles. The van der Waals surface area contributed by atoms with Gasteiger partial charge in [0.15, 0.2) is 0 Å². The second-order valence-corrected chi connectivity index (χ2v) is 3.89. The third-order valence-corrected chi connectivity index (χ3v) is 3.03. The minimum absolute atomic E-state index is 0.325. The van der Waals surface area contributed by atoms with Crippen molar-refractivity contribution in [3.8, 4) is 0 Å². The van der Waals surface area contributed by atoms with Gasteiger partial charge < -0.3 is 10.6 Å². The summed E-state index contributed by atoms with van der Waals surface area (Å²) in [6, 6.07) is 0.325. The molecule has 2 N–H and O–H groups in total. The van der Waals surface area contributed by atoms with Crippen molar-refractivity contribution in [2.45, 2.75) is 19.4 Å². The van der Waals surface area contributed by atoms with Gasteiger partial charge in [-0.05, 0) is 13.3 Å². The standard InChI is InChI=1S/C7H12N4S/c1-5-7(12-10-9-5)11-3-2-6(8)4-11/h6H,2-4,8H2,1H3. The summed E-state index contributed by atoms with van der Waals surface area (Å²) < 4.78 is 3.90. The normalized spacial score (nSPS) is 23.5. The summed E-state index contributed by atoms with van der Waals surface area (Å²) in [5.41, 5.74) is 6.83. The summed E-state index contributed by atoms with van der Waals surface area (Å²) in [6.07, 6.45) is 1.08. The van der Waals surface area contributed by atoms with Crippen LogP contribution in [0.25, 0.3) is 0 Å². The van der Waals surface area contributed by atoms with Crippen LogP contribution in [0.3, 0.4) is 0 Å². The predicted molar refractivity (Wildman–Crippen MR) is 49.5 cm³/mol. The molecule has 0 aliphatic carbocycles. The molecule has 1 saturated heterocycles. The van der Waals surface area contributed by atoms with Gasteiger partial charge in [-0.25, -0.2) is 0 Å². The van der Waals surface area contributed by atoms with E-state index in [-0.39, 0.29) is 0 Å². The largest absolute Gasteiger partial charge is 0.359 e. The highest BCUT2D eigenvalue weighted by molar-refractivity contribution is 7.10. The lowest BCUT2D eigenvalue weighted by Crippen LogP contribution is -2.26. The maximum atomic E-state index is 5.80. The van der Waals surface area contributed by atoms with Crippen LogP contribution >= 0.6 is 11.5 Å². The smallest absolute Gasteiger partial charge is 0.135 e. The zero-order chi connectivity index (χ0) is 8.55. The lowest BCUT2D eigenvalue weighted by atomic mass is 10.3. The molecule has 0 bridgehead atoms. The van der Waals surface area contributed by atoms with Gasteiger partial charge >= 0.3 is 0 Å². The SMILES string of the molecule is Cc1nnsc1N1CCC(N)C1. The average Bonchev–Trinajstić information content (AvgIpc) is 2.58. The molecular weight excluding hydrogens is 172 g/mol. The molecule has 0 aromatic carbocycles. The second-order valence-electron chi connectivity index (χ2n) is 3.16. The third kappa shape index (κ3) is 1.30. The monoisotopic (exact) mass is 184 g/mol. The lowest BCUT2D eigenvalue weighted by molar-refractivity contribution is 0.752. The quantitative estimate of drug-likeness (QED) is 0.685. The van der Waals surface area contributed by atoms with Crippen molar-refractivity contribution in [3.63, 3.8) is 0 Å². The van der Waals surface area contributed by atoms with Crippen molar-refractivity contribution < 1.29 is 0 Å². The van der Waals surface area contributed by atoms with Crippen molar-refractivity contribution in [3.05, 3.63) is 5.69 Å². The Morgan fingerprint density at radius 1 is 1.67 bits per heavy atom. The molecule has 12 heavy (non-hydrogen) atoms. The molecule has 1 atom stereocenters. The number of aryl methyl sites for hydroxylation is 1. The first-order chi connectivity index (χ1) is 5.77. The van der Waals surface area contributed by atoms with Crippen LogP contribution in [0.15, 0.2) is 0 Å². The van der Waals surface area contributed by atoms with Crippen LogP contribution in [-0.4, -0.2) is 28.7 Å². The van der Waals surface area contributed by atoms with Gasteiger partial charge in [0.25, 0.3) is 0 Å². The van der Waals surface area contributed by atoms with Crippen molar-refractivity contribution >= 4 is 16.5 Å². The minimum Gasteiger partial charge on any atom is -0.359 e. The number of hydrogen-bond donors (Lipinski definition) is 1. The first-order valence-corrected chi connectivity index (χ1v) is 4.84. The molecule has 1 aromatic rings. The minimum atomic E-state index is 0.325. The fraction of sp³-hybridized carbons (Fsp3) is 0.714. The van der Waals surface area contributed by atoms with E-state index in [1.54, 1.807) is 0 Å². The topological polar surface area (TPSA) is 55.0 Å². The van der Waals surface area contributed by atoms with E-state index in [4.69, 9.17) is 5.73 Å². The van der Waals surface area contributed by atoms with Crippen molar-refractivity contribution in [2.75, 3.05) is 18.0 Å². The molecule has 2 rings (SSSR count). The molecule has 5 heteroatoms. The second kappa shape index (κ2) is 2.99. The van der Waals surface area contributed by atoms with Crippen LogP contribution in [0.2, 0.25) is 0 Å². The number of nitrogens with two attached hydrogens (primary N) is 1. The van der Waals surface area contributed by atoms with E-state index >= 15 is 0 Å². The predicted octanol–water partition coefficient (Wildman–Crippen LogP) is 0.384. The highest BCUT2D eigenvalue weighted by atomic mass is 32.1. The molecule has 0 amide bonds. The summed E-state index contributed by atoms with van der Waals surface area (Å²) >= 11 is 1.46. The van der Waals surface area contributed by atoms with E-state index in [1.165, 1.54) is 16.5 Å². The van der Waals surface area contributed by atoms with Gasteiger partial charge in [-0.2, -0.15) is 0 Å². The Morgan fingerprint density at radius 3 is 3.00 bits per heavy atom. The van der Waals surface area contributed by atoms with E-state index in [0.29, 0.717) is 6.04 Å². The first kappa shape index (κ1) is 7.94. The van der Waals surface area contributed by atoms with Crippen LogP contribution < -0.4 is 10.6 Å². The van der Waals surface area contributed by atoms with Crippen molar-refractivity contribution in [1.82, 2.24) is 9.59 Å². The molecule has 2 heterocycles. The summed E-state index contributed by atoms with van der Waals surface area (Å²) in [5, 5.41) is 5.16. The molecule has 1 aromatic heterocycles. The van der Waals surface area contributed by atoms with Gasteiger partial charge in [0.2, 0.25) is 0 Å². The lowest BCUT2D eigenvalue weighted by Gasteiger charge is -2.14. The molecule has 4 nitrogen and oxygen atoms in total. The van der Waals surface area contributed by atoms with E-state index < -0.39 is 0 Å². The first-order valence-electron chi connectivity index (χ1n) is 4.07.